The predicted octanol–water partition coefficient (Wildman–Crippen LogP) is 4.58. The van der Waals surface area contributed by atoms with E-state index in [0.29, 0.717) is 23.8 Å². The summed E-state index contributed by atoms with van der Waals surface area (Å²) in [7, 11) is -2.39. The third kappa shape index (κ3) is 4.79. The van der Waals surface area contributed by atoms with Crippen molar-refractivity contribution < 1.29 is 17.9 Å². The van der Waals surface area contributed by atoms with Crippen LogP contribution in [0.1, 0.15) is 36.2 Å². The van der Waals surface area contributed by atoms with Crippen LogP contribution >= 0.6 is 11.6 Å². The summed E-state index contributed by atoms with van der Waals surface area (Å²) in [6.07, 6.45) is 0.989. The number of hydrogen-bond donors (Lipinski definition) is 1. The fourth-order valence-electron chi connectivity index (χ4n) is 3.88. The fourth-order valence-corrected chi connectivity index (χ4v) is 6.02. The summed E-state index contributed by atoms with van der Waals surface area (Å²) in [4.78, 5) is 12.8. The van der Waals surface area contributed by atoms with Crippen LogP contribution in [0.15, 0.2) is 41.3 Å². The quantitative estimate of drug-likeness (QED) is 0.723. The number of carbonyl (C=O) groups is 1. The molecule has 1 heterocycles. The highest BCUT2D eigenvalue weighted by atomic mass is 35.5. The van der Waals surface area contributed by atoms with Gasteiger partial charge in [0.2, 0.25) is 10.0 Å². The van der Waals surface area contributed by atoms with E-state index in [1.54, 1.807) is 12.1 Å². The lowest BCUT2D eigenvalue weighted by Crippen LogP contribution is -2.42. The Morgan fingerprint density at radius 1 is 1.13 bits per heavy atom. The highest BCUT2D eigenvalue weighted by Crippen LogP contribution is 2.32. The summed E-state index contributed by atoms with van der Waals surface area (Å²) in [6, 6.07) is 9.72. The van der Waals surface area contributed by atoms with Crippen molar-refractivity contribution in [2.24, 2.45) is 11.8 Å². The number of nitrogens with zero attached hydrogens (tertiary/aromatic N) is 1. The Kier molecular flexibility index (Phi) is 6.75. The number of sulfonamides is 1. The van der Waals surface area contributed by atoms with Crippen molar-refractivity contribution in [3.8, 4) is 5.75 Å². The molecule has 1 fully saturated rings. The molecule has 0 saturated carbocycles. The number of anilines is 1. The molecule has 2 aromatic rings. The van der Waals surface area contributed by atoms with E-state index in [1.807, 2.05) is 26.8 Å². The van der Waals surface area contributed by atoms with Crippen LogP contribution in [0.3, 0.4) is 0 Å². The van der Waals surface area contributed by atoms with Crippen molar-refractivity contribution in [2.75, 3.05) is 25.5 Å². The first-order valence-electron chi connectivity index (χ1n) is 9.87. The van der Waals surface area contributed by atoms with Crippen molar-refractivity contribution in [1.82, 2.24) is 4.31 Å². The van der Waals surface area contributed by atoms with E-state index in [4.69, 9.17) is 16.3 Å². The van der Waals surface area contributed by atoms with Gasteiger partial charge in [-0.05, 0) is 61.1 Å². The first-order chi connectivity index (χ1) is 14.1. The molecule has 2 aromatic carbocycles. The summed E-state index contributed by atoms with van der Waals surface area (Å²) in [6.45, 7) is 6.89. The van der Waals surface area contributed by atoms with Gasteiger partial charge >= 0.3 is 0 Å². The molecule has 8 heteroatoms. The maximum Gasteiger partial charge on any atom is 0.255 e. The van der Waals surface area contributed by atoms with Gasteiger partial charge in [-0.3, -0.25) is 4.79 Å². The van der Waals surface area contributed by atoms with E-state index < -0.39 is 15.9 Å². The SMILES string of the molecule is COc1ccc(C(=O)Nc2ccc(C)cc2Cl)cc1S(=O)(=O)N1CC(C)CC(C)C1. The van der Waals surface area contributed by atoms with Gasteiger partial charge in [0.25, 0.3) is 5.91 Å². The molecule has 1 aliphatic heterocycles. The minimum atomic E-state index is -3.81. The van der Waals surface area contributed by atoms with E-state index in [1.165, 1.54) is 29.6 Å². The van der Waals surface area contributed by atoms with Crippen LogP contribution < -0.4 is 10.1 Å². The molecular weight excluding hydrogens is 424 g/mol. The number of piperidine rings is 1. The molecule has 1 N–H and O–H groups in total. The van der Waals surface area contributed by atoms with Crippen molar-refractivity contribution in [2.45, 2.75) is 32.1 Å². The Labute approximate surface area is 183 Å². The first-order valence-corrected chi connectivity index (χ1v) is 11.7. The predicted molar refractivity (Wildman–Crippen MR) is 119 cm³/mol. The third-order valence-electron chi connectivity index (χ3n) is 5.25. The monoisotopic (exact) mass is 450 g/mol. The van der Waals surface area contributed by atoms with Crippen LogP contribution in [-0.2, 0) is 10.0 Å². The number of halogens is 1. The number of nitrogens with one attached hydrogen (secondary N) is 1. The molecular formula is C22H27ClN2O4S. The molecule has 30 heavy (non-hydrogen) atoms. The second-order valence-corrected chi connectivity index (χ2v) is 10.4. The molecule has 1 aliphatic rings. The van der Waals surface area contributed by atoms with E-state index >= 15 is 0 Å². The number of aryl methyl sites for hydroxylation is 1. The van der Waals surface area contributed by atoms with Crippen molar-refractivity contribution >= 4 is 33.2 Å². The zero-order valence-corrected chi connectivity index (χ0v) is 19.2. The van der Waals surface area contributed by atoms with Crippen molar-refractivity contribution in [3.05, 3.63) is 52.5 Å². The Morgan fingerprint density at radius 2 is 1.80 bits per heavy atom. The Bertz CT molecular complexity index is 1050. The van der Waals surface area contributed by atoms with Crippen LogP contribution in [-0.4, -0.2) is 38.8 Å². The Balaban J connectivity index is 1.94. The van der Waals surface area contributed by atoms with Gasteiger partial charge in [-0.1, -0.05) is 31.5 Å². The molecule has 0 spiro atoms. The van der Waals surface area contributed by atoms with Crippen molar-refractivity contribution in [3.63, 3.8) is 0 Å². The van der Waals surface area contributed by atoms with Crippen LogP contribution in [0.5, 0.6) is 5.75 Å². The van der Waals surface area contributed by atoms with Crippen LogP contribution in [0.4, 0.5) is 5.69 Å². The Morgan fingerprint density at radius 3 is 2.40 bits per heavy atom. The van der Waals surface area contributed by atoms with Gasteiger partial charge in [0, 0.05) is 18.7 Å². The summed E-state index contributed by atoms with van der Waals surface area (Å²) in [5, 5.41) is 3.16. The van der Waals surface area contributed by atoms with Gasteiger partial charge in [0.15, 0.2) is 0 Å². The standard InChI is InChI=1S/C22H27ClN2O4S/c1-14-5-7-19(18(23)10-14)24-22(26)17-6-8-20(29-4)21(11-17)30(27,28)25-12-15(2)9-16(3)13-25/h5-8,10-11,15-16H,9,12-13H2,1-4H3,(H,24,26). The van der Waals surface area contributed by atoms with Gasteiger partial charge in [0.05, 0.1) is 17.8 Å². The zero-order chi connectivity index (χ0) is 22.1. The summed E-state index contributed by atoms with van der Waals surface area (Å²) < 4.78 is 33.5. The van der Waals surface area contributed by atoms with Gasteiger partial charge < -0.3 is 10.1 Å². The number of hydrogen-bond acceptors (Lipinski definition) is 4. The molecule has 0 aliphatic carbocycles. The molecule has 0 aromatic heterocycles. The lowest BCUT2D eigenvalue weighted by Gasteiger charge is -2.34. The molecule has 6 nitrogen and oxygen atoms in total. The highest BCUT2D eigenvalue weighted by molar-refractivity contribution is 7.89. The molecule has 0 bridgehead atoms. The van der Waals surface area contributed by atoms with Gasteiger partial charge in [-0.25, -0.2) is 8.42 Å². The van der Waals surface area contributed by atoms with E-state index in [-0.39, 0.29) is 28.0 Å². The number of methoxy groups -OCH3 is 1. The van der Waals surface area contributed by atoms with E-state index in [0.717, 1.165) is 12.0 Å². The van der Waals surface area contributed by atoms with E-state index in [9.17, 15) is 13.2 Å². The maximum absolute atomic E-state index is 13.4. The van der Waals surface area contributed by atoms with Gasteiger partial charge in [-0.2, -0.15) is 4.31 Å². The number of carbonyl (C=O) groups excluding carboxylic acids is 1. The molecule has 3 rings (SSSR count). The number of ether oxygens (including phenoxy) is 1. The average molecular weight is 451 g/mol. The van der Waals surface area contributed by atoms with Crippen LogP contribution in [0.25, 0.3) is 0 Å². The summed E-state index contributed by atoms with van der Waals surface area (Å²) >= 11 is 6.20. The maximum atomic E-state index is 13.4. The minimum absolute atomic E-state index is 0.00560. The number of benzene rings is 2. The first kappa shape index (κ1) is 22.6. The minimum Gasteiger partial charge on any atom is -0.495 e. The number of amides is 1. The van der Waals surface area contributed by atoms with Crippen LogP contribution in [0.2, 0.25) is 5.02 Å². The highest BCUT2D eigenvalue weighted by Gasteiger charge is 2.34. The lowest BCUT2D eigenvalue weighted by molar-refractivity contribution is 0.102. The smallest absolute Gasteiger partial charge is 0.255 e. The summed E-state index contributed by atoms with van der Waals surface area (Å²) in [5.41, 5.74) is 1.65. The average Bonchev–Trinajstić information content (AvgIpc) is 2.68. The zero-order valence-electron chi connectivity index (χ0n) is 17.6. The molecule has 0 radical (unpaired) electrons. The Hall–Kier alpha value is -2.09. The fraction of sp³-hybridized carbons (Fsp3) is 0.409. The lowest BCUT2D eigenvalue weighted by atomic mass is 9.94. The molecule has 1 saturated heterocycles. The molecule has 1 amide bonds. The van der Waals surface area contributed by atoms with Crippen molar-refractivity contribution in [1.29, 1.82) is 0 Å². The number of rotatable bonds is 5. The van der Waals surface area contributed by atoms with Crippen LogP contribution in [0, 0.1) is 18.8 Å². The van der Waals surface area contributed by atoms with Gasteiger partial charge in [0.1, 0.15) is 10.6 Å². The molecule has 2 atom stereocenters. The normalized spacial score (nSPS) is 20.0. The largest absolute Gasteiger partial charge is 0.495 e. The topological polar surface area (TPSA) is 75.7 Å². The molecule has 162 valence electrons. The van der Waals surface area contributed by atoms with E-state index in [2.05, 4.69) is 5.32 Å². The second kappa shape index (κ2) is 8.96. The molecule has 2 unspecified atom stereocenters. The second-order valence-electron chi connectivity index (χ2n) is 8.07. The summed E-state index contributed by atoms with van der Waals surface area (Å²) in [5.74, 6) is 0.306. The third-order valence-corrected chi connectivity index (χ3v) is 7.42. The van der Waals surface area contributed by atoms with Gasteiger partial charge in [-0.15, -0.1) is 0 Å².